The molecule has 2 rings (SSSR count). The maximum Gasteiger partial charge on any atom is 0.263 e. The predicted octanol–water partition coefficient (Wildman–Crippen LogP) is 1.32. The molecule has 1 saturated heterocycles. The van der Waals surface area contributed by atoms with Gasteiger partial charge >= 0.3 is 0 Å². The summed E-state index contributed by atoms with van der Waals surface area (Å²) in [6.07, 6.45) is 0. The Hall–Kier alpha value is -0.950. The van der Waals surface area contributed by atoms with Gasteiger partial charge in [-0.05, 0) is 32.0 Å². The lowest BCUT2D eigenvalue weighted by atomic mass is 9.96. The summed E-state index contributed by atoms with van der Waals surface area (Å²) in [5.41, 5.74) is 0. The lowest BCUT2D eigenvalue weighted by Gasteiger charge is -2.23. The van der Waals surface area contributed by atoms with Gasteiger partial charge in [0, 0.05) is 50.7 Å². The summed E-state index contributed by atoms with van der Waals surface area (Å²) >= 11 is 1.54. The number of rotatable bonds is 7. The van der Waals surface area contributed by atoms with Gasteiger partial charge in [0.2, 0.25) is 0 Å². The fourth-order valence-electron chi connectivity index (χ4n) is 2.96. The van der Waals surface area contributed by atoms with Crippen molar-refractivity contribution in [3.05, 3.63) is 21.9 Å². The predicted molar refractivity (Wildman–Crippen MR) is 88.4 cm³/mol. The number of aryl methyl sites for hydroxylation is 1. The van der Waals surface area contributed by atoms with E-state index >= 15 is 0 Å². The van der Waals surface area contributed by atoms with Crippen LogP contribution in [0.2, 0.25) is 0 Å². The average molecular weight is 326 g/mol. The molecule has 1 amide bonds. The van der Waals surface area contributed by atoms with E-state index in [-0.39, 0.29) is 18.4 Å². The second-order valence-corrected chi connectivity index (χ2v) is 7.37. The standard InChI is InChI=1S/C16H26N2O3S/c1-12-4-5-15(22-12)16(20)18-9-13(14(10-18)11-19)8-17(2)6-7-21-3/h4-5,13-14,19H,6-11H2,1-3H3/t13-,14-/m1/s1. The molecule has 5 nitrogen and oxygen atoms in total. The van der Waals surface area contributed by atoms with Gasteiger partial charge in [0.25, 0.3) is 5.91 Å². The number of nitrogens with zero attached hydrogens (tertiary/aromatic N) is 2. The normalized spacial score (nSPS) is 21.8. The van der Waals surface area contributed by atoms with Crippen LogP contribution in [0.4, 0.5) is 0 Å². The van der Waals surface area contributed by atoms with Crippen molar-refractivity contribution in [3.63, 3.8) is 0 Å². The van der Waals surface area contributed by atoms with Crippen molar-refractivity contribution >= 4 is 17.2 Å². The van der Waals surface area contributed by atoms with Crippen LogP contribution in [-0.4, -0.2) is 74.4 Å². The molecule has 1 fully saturated rings. The summed E-state index contributed by atoms with van der Waals surface area (Å²) in [5.74, 6) is 0.575. The number of aliphatic hydroxyl groups excluding tert-OH is 1. The number of ether oxygens (including phenoxy) is 1. The van der Waals surface area contributed by atoms with E-state index in [9.17, 15) is 9.90 Å². The monoisotopic (exact) mass is 326 g/mol. The molecule has 0 bridgehead atoms. The van der Waals surface area contributed by atoms with Crippen LogP contribution < -0.4 is 0 Å². The zero-order valence-corrected chi connectivity index (χ0v) is 14.4. The van der Waals surface area contributed by atoms with Crippen molar-refractivity contribution in [1.29, 1.82) is 0 Å². The van der Waals surface area contributed by atoms with Crippen molar-refractivity contribution < 1.29 is 14.6 Å². The molecule has 22 heavy (non-hydrogen) atoms. The van der Waals surface area contributed by atoms with Crippen molar-refractivity contribution in [3.8, 4) is 0 Å². The lowest BCUT2D eigenvalue weighted by Crippen LogP contribution is -2.33. The topological polar surface area (TPSA) is 53.0 Å². The highest BCUT2D eigenvalue weighted by atomic mass is 32.1. The smallest absolute Gasteiger partial charge is 0.263 e. The minimum atomic E-state index is 0.0959. The highest BCUT2D eigenvalue weighted by Gasteiger charge is 2.35. The van der Waals surface area contributed by atoms with Crippen LogP contribution >= 0.6 is 11.3 Å². The number of hydrogen-bond acceptors (Lipinski definition) is 5. The maximum absolute atomic E-state index is 12.5. The molecule has 2 atom stereocenters. The summed E-state index contributed by atoms with van der Waals surface area (Å²) < 4.78 is 5.10. The second kappa shape index (κ2) is 8.06. The minimum Gasteiger partial charge on any atom is -0.396 e. The summed E-state index contributed by atoms with van der Waals surface area (Å²) in [6, 6.07) is 3.88. The fraction of sp³-hybridized carbons (Fsp3) is 0.688. The Balaban J connectivity index is 1.95. The van der Waals surface area contributed by atoms with Crippen LogP contribution in [-0.2, 0) is 4.74 Å². The average Bonchev–Trinajstić information content (AvgIpc) is 3.10. The number of methoxy groups -OCH3 is 1. The first-order valence-corrected chi connectivity index (χ1v) is 8.50. The van der Waals surface area contributed by atoms with Crippen molar-refractivity contribution in [2.45, 2.75) is 6.92 Å². The van der Waals surface area contributed by atoms with Gasteiger partial charge in [-0.3, -0.25) is 4.79 Å². The van der Waals surface area contributed by atoms with Crippen LogP contribution in [0.15, 0.2) is 12.1 Å². The van der Waals surface area contributed by atoms with E-state index in [1.54, 1.807) is 7.11 Å². The van der Waals surface area contributed by atoms with Crippen LogP contribution in [0, 0.1) is 18.8 Å². The van der Waals surface area contributed by atoms with E-state index in [0.717, 1.165) is 29.4 Å². The molecular formula is C16H26N2O3S. The Morgan fingerprint density at radius 2 is 2.18 bits per heavy atom. The highest BCUT2D eigenvalue weighted by molar-refractivity contribution is 7.13. The number of carbonyl (C=O) groups excluding carboxylic acids is 1. The number of aliphatic hydroxyl groups is 1. The van der Waals surface area contributed by atoms with Gasteiger partial charge in [-0.25, -0.2) is 0 Å². The van der Waals surface area contributed by atoms with Crippen LogP contribution in [0.1, 0.15) is 14.5 Å². The number of amides is 1. The van der Waals surface area contributed by atoms with Crippen LogP contribution in [0.5, 0.6) is 0 Å². The Kier molecular flexibility index (Phi) is 6.37. The molecule has 1 aromatic heterocycles. The Morgan fingerprint density at radius 3 is 2.77 bits per heavy atom. The summed E-state index contributed by atoms with van der Waals surface area (Å²) in [5, 5.41) is 9.62. The SMILES string of the molecule is COCCN(C)C[C@@H]1CN(C(=O)c2ccc(C)s2)C[C@@H]1CO. The van der Waals surface area contributed by atoms with Gasteiger partial charge in [-0.15, -0.1) is 11.3 Å². The van der Waals surface area contributed by atoms with Gasteiger partial charge in [0.05, 0.1) is 11.5 Å². The third-order valence-corrected chi connectivity index (χ3v) is 5.26. The quantitative estimate of drug-likeness (QED) is 0.821. The third kappa shape index (κ3) is 4.29. The number of thiophene rings is 1. The summed E-state index contributed by atoms with van der Waals surface area (Å²) in [6.45, 7) is 5.95. The van der Waals surface area contributed by atoms with Crippen molar-refractivity contribution in [2.24, 2.45) is 11.8 Å². The van der Waals surface area contributed by atoms with E-state index in [2.05, 4.69) is 11.9 Å². The summed E-state index contributed by atoms with van der Waals surface area (Å²) in [7, 11) is 3.75. The molecule has 124 valence electrons. The van der Waals surface area contributed by atoms with E-state index in [1.165, 1.54) is 11.3 Å². The second-order valence-electron chi connectivity index (χ2n) is 6.08. The molecule has 0 aliphatic carbocycles. The first kappa shape index (κ1) is 17.4. The zero-order chi connectivity index (χ0) is 16.1. The molecule has 2 heterocycles. The lowest BCUT2D eigenvalue weighted by molar-refractivity contribution is 0.0783. The Labute approximate surface area is 136 Å². The van der Waals surface area contributed by atoms with Crippen molar-refractivity contribution in [1.82, 2.24) is 9.80 Å². The van der Waals surface area contributed by atoms with Gasteiger partial charge < -0.3 is 19.6 Å². The maximum atomic E-state index is 12.5. The Morgan fingerprint density at radius 1 is 1.45 bits per heavy atom. The van der Waals surface area contributed by atoms with Gasteiger partial charge in [0.15, 0.2) is 0 Å². The molecule has 6 heteroatoms. The first-order valence-electron chi connectivity index (χ1n) is 7.69. The van der Waals surface area contributed by atoms with Gasteiger partial charge in [0.1, 0.15) is 0 Å². The number of likely N-dealkylation sites (N-methyl/N-ethyl adjacent to an activating group) is 1. The molecule has 0 aromatic carbocycles. The highest BCUT2D eigenvalue weighted by Crippen LogP contribution is 2.27. The molecule has 1 aliphatic rings. The first-order chi connectivity index (χ1) is 10.5. The fourth-order valence-corrected chi connectivity index (χ4v) is 3.80. The van der Waals surface area contributed by atoms with Crippen LogP contribution in [0.3, 0.4) is 0 Å². The molecular weight excluding hydrogens is 300 g/mol. The molecule has 1 N–H and O–H groups in total. The minimum absolute atomic E-state index is 0.0959. The van der Waals surface area contributed by atoms with E-state index in [1.807, 2.05) is 24.0 Å². The number of likely N-dealkylation sites (tertiary alicyclic amines) is 1. The van der Waals surface area contributed by atoms with Crippen molar-refractivity contribution in [2.75, 3.05) is 53.6 Å². The zero-order valence-electron chi connectivity index (χ0n) is 13.6. The van der Waals surface area contributed by atoms with E-state index in [0.29, 0.717) is 19.1 Å². The van der Waals surface area contributed by atoms with E-state index < -0.39 is 0 Å². The molecule has 1 aliphatic heterocycles. The number of hydrogen-bond donors (Lipinski definition) is 1. The van der Waals surface area contributed by atoms with E-state index in [4.69, 9.17) is 4.74 Å². The van der Waals surface area contributed by atoms with Crippen LogP contribution in [0.25, 0.3) is 0 Å². The van der Waals surface area contributed by atoms with Gasteiger partial charge in [-0.1, -0.05) is 0 Å². The third-order valence-electron chi connectivity index (χ3n) is 4.27. The number of carbonyl (C=O) groups is 1. The molecule has 0 saturated carbocycles. The van der Waals surface area contributed by atoms with Gasteiger partial charge in [-0.2, -0.15) is 0 Å². The largest absolute Gasteiger partial charge is 0.396 e. The Bertz CT molecular complexity index is 491. The molecule has 1 aromatic rings. The molecule has 0 unspecified atom stereocenters. The molecule has 0 spiro atoms. The molecule has 0 radical (unpaired) electrons. The summed E-state index contributed by atoms with van der Waals surface area (Å²) in [4.78, 5) is 18.6.